The lowest BCUT2D eigenvalue weighted by Crippen LogP contribution is -2.29. The fraction of sp³-hybridized carbons (Fsp3) is 0.500. The van der Waals surface area contributed by atoms with Crippen molar-refractivity contribution >= 4 is 10.0 Å². The van der Waals surface area contributed by atoms with E-state index in [1.54, 1.807) is 16.9 Å². The summed E-state index contributed by atoms with van der Waals surface area (Å²) in [4.78, 5) is 4.16. The number of aryl methyl sites for hydroxylation is 1. The van der Waals surface area contributed by atoms with Crippen LogP contribution in [0.25, 0.3) is 0 Å². The molecule has 0 bridgehead atoms. The Morgan fingerprint density at radius 3 is 2.68 bits per heavy atom. The summed E-state index contributed by atoms with van der Waals surface area (Å²) in [5.74, 6) is 0.156. The lowest BCUT2D eigenvalue weighted by Gasteiger charge is -2.16. The first-order valence-corrected chi connectivity index (χ1v) is 9.58. The molecule has 0 saturated carbocycles. The van der Waals surface area contributed by atoms with Gasteiger partial charge in [0.1, 0.15) is 4.90 Å². The van der Waals surface area contributed by atoms with Gasteiger partial charge in [-0.2, -0.15) is 9.40 Å². The van der Waals surface area contributed by atoms with Gasteiger partial charge in [0.2, 0.25) is 15.9 Å². The highest BCUT2D eigenvalue weighted by Gasteiger charge is 2.40. The van der Waals surface area contributed by atoms with E-state index in [0.717, 1.165) is 5.56 Å². The number of aliphatic hydroxyl groups is 1. The molecule has 0 aliphatic carbocycles. The average Bonchev–Trinajstić information content (AvgIpc) is 3.21. The third kappa shape index (κ3) is 3.53. The first-order valence-electron chi connectivity index (χ1n) is 8.14. The number of aromatic nitrogens is 3. The first-order chi connectivity index (χ1) is 12.0. The molecule has 1 aliphatic heterocycles. The molecule has 1 fully saturated rings. The summed E-state index contributed by atoms with van der Waals surface area (Å²) in [6.45, 7) is 2.81. The van der Waals surface area contributed by atoms with Crippen molar-refractivity contribution in [2.75, 3.05) is 26.3 Å². The van der Waals surface area contributed by atoms with Crippen LogP contribution in [0.2, 0.25) is 0 Å². The molecule has 0 radical (unpaired) electrons. The van der Waals surface area contributed by atoms with Crippen LogP contribution in [0.15, 0.2) is 35.6 Å². The zero-order valence-electron chi connectivity index (χ0n) is 14.2. The second-order valence-electron chi connectivity index (χ2n) is 6.08. The maximum Gasteiger partial charge on any atom is 0.244 e. The minimum absolute atomic E-state index is 0.0763. The molecule has 2 atom stereocenters. The van der Waals surface area contributed by atoms with Gasteiger partial charge in [-0.05, 0) is 18.6 Å². The van der Waals surface area contributed by atoms with Gasteiger partial charge in [0.25, 0.3) is 0 Å². The number of hydrogen-bond donors (Lipinski definition) is 1. The topological polar surface area (TPSA) is 97.5 Å². The van der Waals surface area contributed by atoms with Gasteiger partial charge in [-0.3, -0.25) is 4.68 Å². The fourth-order valence-electron chi connectivity index (χ4n) is 3.12. The molecule has 3 rings (SSSR count). The lowest BCUT2D eigenvalue weighted by molar-refractivity contribution is 0.223. The van der Waals surface area contributed by atoms with Crippen LogP contribution in [-0.2, 0) is 17.1 Å². The highest BCUT2D eigenvalue weighted by atomic mass is 32.2. The number of hydrogen-bond acceptors (Lipinski definition) is 6. The van der Waals surface area contributed by atoms with Crippen LogP contribution in [0, 0.1) is 5.92 Å². The number of aliphatic hydroxyl groups excluding tert-OH is 1. The SMILES string of the molecule is CCOc1ccc(S(=O)(=O)N2C[C@@H](CO)[C@H](c3cnn(C)c3)C2)cn1. The molecule has 0 spiro atoms. The van der Waals surface area contributed by atoms with Gasteiger partial charge in [0, 0.05) is 50.8 Å². The molecule has 1 N–H and O–H groups in total. The maximum absolute atomic E-state index is 12.9. The summed E-state index contributed by atoms with van der Waals surface area (Å²) in [5.41, 5.74) is 0.934. The highest BCUT2D eigenvalue weighted by Crippen LogP contribution is 2.35. The van der Waals surface area contributed by atoms with E-state index in [9.17, 15) is 13.5 Å². The minimum atomic E-state index is -3.67. The lowest BCUT2D eigenvalue weighted by atomic mass is 9.92. The molecule has 136 valence electrons. The van der Waals surface area contributed by atoms with Gasteiger partial charge in [-0.25, -0.2) is 13.4 Å². The molecule has 9 heteroatoms. The summed E-state index contributed by atoms with van der Waals surface area (Å²) in [6.07, 6.45) is 4.90. The highest BCUT2D eigenvalue weighted by molar-refractivity contribution is 7.89. The van der Waals surface area contributed by atoms with Gasteiger partial charge in [-0.15, -0.1) is 0 Å². The summed E-state index contributed by atoms with van der Waals surface area (Å²) in [6, 6.07) is 3.05. The first kappa shape index (κ1) is 17.8. The van der Waals surface area contributed by atoms with Crippen molar-refractivity contribution in [1.29, 1.82) is 0 Å². The van der Waals surface area contributed by atoms with Crippen LogP contribution in [0.1, 0.15) is 18.4 Å². The van der Waals surface area contributed by atoms with Gasteiger partial charge in [-0.1, -0.05) is 0 Å². The molecular formula is C16H22N4O4S. The number of rotatable bonds is 6. The molecule has 2 aromatic heterocycles. The van der Waals surface area contributed by atoms with Crippen LogP contribution >= 0.6 is 0 Å². The zero-order valence-corrected chi connectivity index (χ0v) is 15.1. The summed E-state index contributed by atoms with van der Waals surface area (Å²) >= 11 is 0. The largest absolute Gasteiger partial charge is 0.478 e. The van der Waals surface area contributed by atoms with Crippen LogP contribution in [0.5, 0.6) is 5.88 Å². The quantitative estimate of drug-likeness (QED) is 0.804. The van der Waals surface area contributed by atoms with E-state index in [4.69, 9.17) is 4.74 Å². The van der Waals surface area contributed by atoms with E-state index >= 15 is 0 Å². The Hall–Kier alpha value is -1.97. The second-order valence-corrected chi connectivity index (χ2v) is 8.02. The molecule has 1 saturated heterocycles. The summed E-state index contributed by atoms with van der Waals surface area (Å²) in [7, 11) is -1.86. The van der Waals surface area contributed by atoms with Crippen molar-refractivity contribution in [2.45, 2.75) is 17.7 Å². The van der Waals surface area contributed by atoms with Gasteiger partial charge < -0.3 is 9.84 Å². The van der Waals surface area contributed by atoms with Crippen LogP contribution in [-0.4, -0.2) is 58.9 Å². The van der Waals surface area contributed by atoms with Crippen molar-refractivity contribution in [2.24, 2.45) is 13.0 Å². The average molecular weight is 366 g/mol. The number of pyridine rings is 1. The zero-order chi connectivity index (χ0) is 18.0. The summed E-state index contributed by atoms with van der Waals surface area (Å²) < 4.78 is 34.1. The van der Waals surface area contributed by atoms with E-state index in [2.05, 4.69) is 10.1 Å². The van der Waals surface area contributed by atoms with Crippen LogP contribution < -0.4 is 4.74 Å². The Labute approximate surface area is 147 Å². The monoisotopic (exact) mass is 366 g/mol. The Bertz CT molecular complexity index is 819. The molecule has 0 aromatic carbocycles. The van der Waals surface area contributed by atoms with Crippen LogP contribution in [0.4, 0.5) is 0 Å². The number of ether oxygens (including phenoxy) is 1. The molecule has 2 aromatic rings. The van der Waals surface area contributed by atoms with E-state index in [1.807, 2.05) is 20.2 Å². The third-order valence-electron chi connectivity index (χ3n) is 4.43. The molecule has 1 aliphatic rings. The van der Waals surface area contributed by atoms with Crippen molar-refractivity contribution < 1.29 is 18.3 Å². The normalized spacial score (nSPS) is 21.6. The van der Waals surface area contributed by atoms with Gasteiger partial charge in [0.05, 0.1) is 19.0 Å². The Kier molecular flexibility index (Phi) is 5.07. The standard InChI is InChI=1S/C16H22N4O4S/c1-3-24-16-5-4-14(7-17-16)25(22,23)20-9-13(11-21)15(10-20)12-6-18-19(2)8-12/h4-8,13,15,21H,3,9-11H2,1-2H3/t13-,15-/m0/s1. The molecule has 8 nitrogen and oxygen atoms in total. The Balaban J connectivity index is 1.83. The van der Waals surface area contributed by atoms with E-state index in [-0.39, 0.29) is 29.9 Å². The Morgan fingerprint density at radius 1 is 1.32 bits per heavy atom. The molecular weight excluding hydrogens is 344 g/mol. The van der Waals surface area contributed by atoms with E-state index < -0.39 is 10.0 Å². The molecule has 0 unspecified atom stereocenters. The smallest absolute Gasteiger partial charge is 0.244 e. The molecule has 3 heterocycles. The number of nitrogens with zero attached hydrogens (tertiary/aromatic N) is 4. The van der Waals surface area contributed by atoms with Crippen molar-refractivity contribution in [3.05, 3.63) is 36.3 Å². The van der Waals surface area contributed by atoms with Gasteiger partial charge >= 0.3 is 0 Å². The molecule has 0 amide bonds. The summed E-state index contributed by atoms with van der Waals surface area (Å²) in [5, 5.41) is 13.8. The van der Waals surface area contributed by atoms with Gasteiger partial charge in [0.15, 0.2) is 0 Å². The third-order valence-corrected chi connectivity index (χ3v) is 6.25. The van der Waals surface area contributed by atoms with E-state index in [1.165, 1.54) is 16.6 Å². The van der Waals surface area contributed by atoms with Crippen molar-refractivity contribution in [1.82, 2.24) is 19.1 Å². The predicted octanol–water partition coefficient (Wildman–Crippen LogP) is 0.610. The fourth-order valence-corrected chi connectivity index (χ4v) is 4.59. The minimum Gasteiger partial charge on any atom is -0.478 e. The maximum atomic E-state index is 12.9. The molecule has 25 heavy (non-hydrogen) atoms. The van der Waals surface area contributed by atoms with Crippen molar-refractivity contribution in [3.8, 4) is 5.88 Å². The Morgan fingerprint density at radius 2 is 2.12 bits per heavy atom. The van der Waals surface area contributed by atoms with E-state index in [0.29, 0.717) is 19.0 Å². The predicted molar refractivity (Wildman–Crippen MR) is 90.7 cm³/mol. The van der Waals surface area contributed by atoms with Crippen LogP contribution in [0.3, 0.4) is 0 Å². The number of sulfonamides is 1. The van der Waals surface area contributed by atoms with Crippen molar-refractivity contribution in [3.63, 3.8) is 0 Å². The second kappa shape index (κ2) is 7.11.